The van der Waals surface area contributed by atoms with Crippen LogP contribution in [-0.2, 0) is 11.3 Å². The zero-order valence-corrected chi connectivity index (χ0v) is 20.3. The lowest BCUT2D eigenvalue weighted by Gasteiger charge is -2.21. The van der Waals surface area contributed by atoms with E-state index in [2.05, 4.69) is 16.0 Å². The first kappa shape index (κ1) is 23.8. The minimum Gasteiger partial charge on any atom is -0.354 e. The van der Waals surface area contributed by atoms with Crippen molar-refractivity contribution in [1.82, 2.24) is 5.32 Å². The van der Waals surface area contributed by atoms with Crippen molar-refractivity contribution in [2.24, 2.45) is 11.7 Å². The first-order valence-corrected chi connectivity index (χ1v) is 12.7. The number of amides is 2. The van der Waals surface area contributed by atoms with Crippen LogP contribution in [0.4, 0.5) is 11.4 Å². The fourth-order valence-electron chi connectivity index (χ4n) is 5.04. The molecule has 6 heteroatoms. The van der Waals surface area contributed by atoms with E-state index in [9.17, 15) is 9.59 Å². The van der Waals surface area contributed by atoms with Gasteiger partial charge in [-0.05, 0) is 60.2 Å². The van der Waals surface area contributed by atoms with Gasteiger partial charge < -0.3 is 21.7 Å². The Morgan fingerprint density at radius 2 is 1.67 bits per heavy atom. The number of benzene rings is 3. The summed E-state index contributed by atoms with van der Waals surface area (Å²) in [5, 5.41) is 9.53. The molecular formula is C30H32N4O2. The Bertz CT molecular complexity index is 1280. The summed E-state index contributed by atoms with van der Waals surface area (Å²) in [4.78, 5) is 26.2. The average molecular weight is 481 g/mol. The van der Waals surface area contributed by atoms with Gasteiger partial charge in [-0.25, -0.2) is 0 Å². The molecule has 1 saturated carbocycles. The van der Waals surface area contributed by atoms with Gasteiger partial charge in [0.2, 0.25) is 0 Å². The molecule has 0 unspecified atom stereocenters. The van der Waals surface area contributed by atoms with Crippen LogP contribution >= 0.6 is 0 Å². The number of hydrogen-bond donors (Lipinski definition) is 4. The number of fused-ring (bicyclic) bond motifs is 1. The van der Waals surface area contributed by atoms with Crippen molar-refractivity contribution in [2.75, 3.05) is 17.2 Å². The molecule has 1 heterocycles. The summed E-state index contributed by atoms with van der Waals surface area (Å²) in [5.74, 6) is 0.249. The molecule has 1 aliphatic heterocycles. The Kier molecular flexibility index (Phi) is 7.14. The van der Waals surface area contributed by atoms with Crippen molar-refractivity contribution in [1.29, 1.82) is 0 Å². The predicted octanol–water partition coefficient (Wildman–Crippen LogP) is 5.39. The molecule has 5 N–H and O–H groups in total. The minimum atomic E-state index is -0.199. The van der Waals surface area contributed by atoms with Gasteiger partial charge in [0.15, 0.2) is 0 Å². The van der Waals surface area contributed by atoms with Gasteiger partial charge in [0, 0.05) is 35.6 Å². The van der Waals surface area contributed by atoms with E-state index in [1.54, 1.807) is 6.07 Å². The molecular weight excluding hydrogens is 448 g/mol. The summed E-state index contributed by atoms with van der Waals surface area (Å²) in [6, 6.07) is 23.0. The molecule has 2 aliphatic rings. The summed E-state index contributed by atoms with van der Waals surface area (Å²) >= 11 is 0. The second-order valence-electron chi connectivity index (χ2n) is 9.57. The first-order valence-electron chi connectivity index (χ1n) is 12.7. The molecule has 36 heavy (non-hydrogen) atoms. The molecule has 3 aromatic rings. The molecule has 3 aromatic carbocycles. The molecule has 5 rings (SSSR count). The van der Waals surface area contributed by atoms with E-state index >= 15 is 0 Å². The molecule has 0 bridgehead atoms. The van der Waals surface area contributed by atoms with Gasteiger partial charge in [0.1, 0.15) is 0 Å². The highest BCUT2D eigenvalue weighted by Gasteiger charge is 2.29. The number of nitrogens with two attached hydrogens (primary N) is 1. The molecule has 6 nitrogen and oxygen atoms in total. The van der Waals surface area contributed by atoms with Crippen molar-refractivity contribution >= 4 is 34.5 Å². The third-order valence-electron chi connectivity index (χ3n) is 7.07. The number of nitrogens with one attached hydrogen (secondary N) is 3. The zero-order chi connectivity index (χ0) is 24.9. The van der Waals surface area contributed by atoms with Crippen molar-refractivity contribution in [3.05, 3.63) is 95.1 Å². The first-order chi connectivity index (χ1) is 17.6. The second-order valence-corrected chi connectivity index (χ2v) is 9.57. The van der Waals surface area contributed by atoms with Gasteiger partial charge >= 0.3 is 0 Å². The Morgan fingerprint density at radius 3 is 2.39 bits per heavy atom. The Hall–Kier alpha value is -3.90. The number of anilines is 2. The Labute approximate surface area is 212 Å². The molecule has 0 atom stereocenters. The third-order valence-corrected chi connectivity index (χ3v) is 7.07. The normalized spacial score (nSPS) is 16.8. The van der Waals surface area contributed by atoms with E-state index < -0.39 is 0 Å². The van der Waals surface area contributed by atoms with Crippen LogP contribution in [0.1, 0.15) is 59.2 Å². The number of carbonyl (C=O) groups excluding carboxylic acids is 2. The van der Waals surface area contributed by atoms with Crippen LogP contribution in [0.3, 0.4) is 0 Å². The molecule has 0 spiro atoms. The molecule has 2 amide bonds. The smallest absolute Gasteiger partial charge is 0.258 e. The van der Waals surface area contributed by atoms with Crippen LogP contribution in [0.15, 0.2) is 72.8 Å². The molecule has 0 radical (unpaired) electrons. The third kappa shape index (κ3) is 5.19. The quantitative estimate of drug-likeness (QED) is 0.341. The molecule has 184 valence electrons. The fraction of sp³-hybridized carbons (Fsp3) is 0.267. The van der Waals surface area contributed by atoms with E-state index in [0.717, 1.165) is 22.4 Å². The van der Waals surface area contributed by atoms with Crippen LogP contribution in [0.2, 0.25) is 0 Å². The molecule has 0 aromatic heterocycles. The Balaban J connectivity index is 1.48. The summed E-state index contributed by atoms with van der Waals surface area (Å²) in [6.45, 7) is 1.17. The lowest BCUT2D eigenvalue weighted by Crippen LogP contribution is -2.30. The largest absolute Gasteiger partial charge is 0.354 e. The lowest BCUT2D eigenvalue weighted by molar-refractivity contribution is -0.110. The highest BCUT2D eigenvalue weighted by Crippen LogP contribution is 2.38. The van der Waals surface area contributed by atoms with E-state index in [-0.39, 0.29) is 11.8 Å². The number of hydrogen-bond acceptors (Lipinski definition) is 4. The SMILES string of the molecule is NCc1ccc(N/C(=C2\C(=O)Nc3ccc(C(=O)NCC4CCCCC4)cc32)c2ccccc2)cc1. The van der Waals surface area contributed by atoms with E-state index in [1.165, 1.54) is 32.1 Å². The second kappa shape index (κ2) is 10.8. The zero-order valence-electron chi connectivity index (χ0n) is 20.3. The van der Waals surface area contributed by atoms with Crippen molar-refractivity contribution in [3.63, 3.8) is 0 Å². The topological polar surface area (TPSA) is 96.2 Å². The van der Waals surface area contributed by atoms with E-state index in [1.807, 2.05) is 66.7 Å². The van der Waals surface area contributed by atoms with Crippen molar-refractivity contribution in [3.8, 4) is 0 Å². The summed E-state index contributed by atoms with van der Waals surface area (Å²) in [6.07, 6.45) is 6.12. The van der Waals surface area contributed by atoms with Gasteiger partial charge in [-0.15, -0.1) is 0 Å². The highest BCUT2D eigenvalue weighted by molar-refractivity contribution is 6.37. The van der Waals surface area contributed by atoms with Crippen molar-refractivity contribution in [2.45, 2.75) is 38.6 Å². The van der Waals surface area contributed by atoms with Crippen LogP contribution in [0, 0.1) is 5.92 Å². The maximum atomic E-state index is 13.2. The standard InChI is InChI=1S/C30H32N4O2/c31-18-20-11-14-24(15-12-20)33-28(22-9-5-2-6-10-22)27-25-17-23(13-16-26(25)34-30(27)36)29(35)32-19-21-7-3-1-4-8-21/h2,5-6,9-17,21,33H,1,3-4,7-8,18-19,31H2,(H,32,35)(H,34,36)/b28-27-. The van der Waals surface area contributed by atoms with Crippen LogP contribution < -0.4 is 21.7 Å². The maximum Gasteiger partial charge on any atom is 0.258 e. The van der Waals surface area contributed by atoms with Crippen LogP contribution in [-0.4, -0.2) is 18.4 Å². The van der Waals surface area contributed by atoms with Gasteiger partial charge in [0.05, 0.1) is 11.3 Å². The minimum absolute atomic E-state index is 0.103. The van der Waals surface area contributed by atoms with Gasteiger partial charge in [-0.3, -0.25) is 9.59 Å². The monoisotopic (exact) mass is 480 g/mol. The van der Waals surface area contributed by atoms with Gasteiger partial charge in [-0.2, -0.15) is 0 Å². The molecule has 0 saturated heterocycles. The van der Waals surface area contributed by atoms with Gasteiger partial charge in [0.25, 0.3) is 11.8 Å². The van der Waals surface area contributed by atoms with E-state index in [4.69, 9.17) is 5.73 Å². The number of carbonyl (C=O) groups is 2. The number of rotatable bonds is 7. The average Bonchev–Trinajstić information content (AvgIpc) is 3.26. The molecule has 1 aliphatic carbocycles. The van der Waals surface area contributed by atoms with Crippen LogP contribution in [0.25, 0.3) is 11.3 Å². The predicted molar refractivity (Wildman–Crippen MR) is 145 cm³/mol. The molecule has 1 fully saturated rings. The highest BCUT2D eigenvalue weighted by atomic mass is 16.2. The maximum absolute atomic E-state index is 13.2. The van der Waals surface area contributed by atoms with E-state index in [0.29, 0.717) is 41.5 Å². The fourth-order valence-corrected chi connectivity index (χ4v) is 5.04. The Morgan fingerprint density at radius 1 is 0.917 bits per heavy atom. The van der Waals surface area contributed by atoms with Crippen molar-refractivity contribution < 1.29 is 9.59 Å². The summed E-state index contributed by atoms with van der Waals surface area (Å²) in [5.41, 5.74) is 11.7. The van der Waals surface area contributed by atoms with Crippen LogP contribution in [0.5, 0.6) is 0 Å². The summed E-state index contributed by atoms with van der Waals surface area (Å²) < 4.78 is 0. The van der Waals surface area contributed by atoms with Gasteiger partial charge in [-0.1, -0.05) is 61.7 Å². The summed E-state index contributed by atoms with van der Waals surface area (Å²) in [7, 11) is 0. The lowest BCUT2D eigenvalue weighted by atomic mass is 9.89.